The molecule has 0 fully saturated rings. The molecule has 0 amide bonds. The first-order valence-electron chi connectivity index (χ1n) is 25.7. The first kappa shape index (κ1) is 61.5. The van der Waals surface area contributed by atoms with Crippen molar-refractivity contribution in [3.8, 4) is 0 Å². The Bertz CT molecular complexity index is 1310. The molecule has 64 heavy (non-hydrogen) atoms. The minimum Gasteiger partial charge on any atom is -0.462 e. The van der Waals surface area contributed by atoms with Crippen LogP contribution in [0.5, 0.6) is 0 Å². The lowest BCUT2D eigenvalue weighted by molar-refractivity contribution is -0.870. The summed E-state index contributed by atoms with van der Waals surface area (Å²) in [4.78, 5) is 35.5. The number of quaternary nitrogens is 1. The quantitative estimate of drug-likeness (QED) is 0.0211. The van der Waals surface area contributed by atoms with E-state index in [0.29, 0.717) is 17.4 Å². The third-order valence-corrected chi connectivity index (χ3v) is 11.7. The third kappa shape index (κ3) is 48.9. The van der Waals surface area contributed by atoms with E-state index in [2.05, 4.69) is 74.6 Å². The number of nitrogens with zero attached hydrogens (tertiary/aromatic N) is 1. The van der Waals surface area contributed by atoms with E-state index >= 15 is 0 Å². The molecule has 2 unspecified atom stereocenters. The third-order valence-electron chi connectivity index (χ3n) is 10.8. The predicted molar refractivity (Wildman–Crippen MR) is 270 cm³/mol. The second kappa shape index (κ2) is 45.6. The number of rotatable bonds is 46. The summed E-state index contributed by atoms with van der Waals surface area (Å²) in [7, 11) is 1.43. The fourth-order valence-corrected chi connectivity index (χ4v) is 7.55. The Balaban J connectivity index is 4.34. The molecule has 0 radical (unpaired) electrons. The normalized spacial score (nSPS) is 14.0. The highest BCUT2D eigenvalue weighted by atomic mass is 31.2. The average Bonchev–Trinajstić information content (AvgIpc) is 3.25. The summed E-state index contributed by atoms with van der Waals surface area (Å²) in [6, 6.07) is 0. The van der Waals surface area contributed by atoms with Crippen LogP contribution >= 0.6 is 7.82 Å². The van der Waals surface area contributed by atoms with Gasteiger partial charge in [0.15, 0.2) is 6.10 Å². The van der Waals surface area contributed by atoms with Crippen molar-refractivity contribution >= 4 is 19.8 Å². The molecule has 2 atom stereocenters. The van der Waals surface area contributed by atoms with Crippen LogP contribution in [0.25, 0.3) is 0 Å². The molecule has 0 aliphatic carbocycles. The van der Waals surface area contributed by atoms with E-state index in [0.717, 1.165) is 57.8 Å². The summed E-state index contributed by atoms with van der Waals surface area (Å²) in [5.41, 5.74) is 0. The molecule has 9 nitrogen and oxygen atoms in total. The van der Waals surface area contributed by atoms with Gasteiger partial charge in [-0.3, -0.25) is 18.6 Å². The molecule has 0 aromatic heterocycles. The lowest BCUT2D eigenvalue weighted by Crippen LogP contribution is -2.37. The number of hydrogen-bond donors (Lipinski definition) is 1. The molecule has 0 saturated heterocycles. The molecule has 0 spiro atoms. The molecular formula is C54H97NO8P+. The summed E-state index contributed by atoms with van der Waals surface area (Å²) in [5, 5.41) is 0. The fourth-order valence-electron chi connectivity index (χ4n) is 6.81. The summed E-state index contributed by atoms with van der Waals surface area (Å²) in [6.45, 7) is 4.24. The Hall–Kier alpha value is -2.55. The lowest BCUT2D eigenvalue weighted by Gasteiger charge is -2.24. The largest absolute Gasteiger partial charge is 0.472 e. The maximum atomic E-state index is 12.7. The topological polar surface area (TPSA) is 108 Å². The van der Waals surface area contributed by atoms with Crippen molar-refractivity contribution < 1.29 is 42.1 Å². The first-order chi connectivity index (χ1) is 31.0. The number of carbonyl (C=O) groups is 2. The minimum atomic E-state index is -4.40. The maximum absolute atomic E-state index is 12.7. The van der Waals surface area contributed by atoms with Crippen LogP contribution in [0, 0.1) is 0 Å². The second-order valence-electron chi connectivity index (χ2n) is 18.2. The second-order valence-corrected chi connectivity index (χ2v) is 19.6. The highest BCUT2D eigenvalue weighted by molar-refractivity contribution is 7.47. The number of unbranched alkanes of at least 4 members (excludes halogenated alkanes) is 20. The van der Waals surface area contributed by atoms with E-state index < -0.39 is 26.5 Å². The number of hydrogen-bond acceptors (Lipinski definition) is 7. The molecule has 0 aliphatic heterocycles. The number of allylic oxidation sites excluding steroid dienone is 12. The molecule has 0 rings (SSSR count). The van der Waals surface area contributed by atoms with Gasteiger partial charge in [-0.25, -0.2) is 4.57 Å². The zero-order chi connectivity index (χ0) is 47.1. The number of phosphoric ester groups is 1. The highest BCUT2D eigenvalue weighted by Gasteiger charge is 2.27. The van der Waals surface area contributed by atoms with Gasteiger partial charge in [0.25, 0.3) is 0 Å². The van der Waals surface area contributed by atoms with Crippen LogP contribution in [0.4, 0.5) is 0 Å². The Morgan fingerprint density at radius 2 is 0.891 bits per heavy atom. The summed E-state index contributed by atoms with van der Waals surface area (Å²) in [6.07, 6.45) is 58.4. The Morgan fingerprint density at radius 3 is 1.30 bits per heavy atom. The van der Waals surface area contributed by atoms with E-state index in [9.17, 15) is 19.0 Å². The van der Waals surface area contributed by atoms with E-state index in [1.54, 1.807) is 0 Å². The molecular weight excluding hydrogens is 822 g/mol. The number of carbonyl (C=O) groups excluding carboxylic acids is 2. The van der Waals surface area contributed by atoms with Crippen molar-refractivity contribution in [3.63, 3.8) is 0 Å². The van der Waals surface area contributed by atoms with Crippen LogP contribution in [0.3, 0.4) is 0 Å². The fraction of sp³-hybridized carbons (Fsp3) is 0.741. The van der Waals surface area contributed by atoms with Gasteiger partial charge in [0, 0.05) is 12.8 Å². The van der Waals surface area contributed by atoms with Gasteiger partial charge < -0.3 is 18.9 Å². The SMILES string of the molecule is CC/C=C\C/C=C\C/C=C\C/C=C\C/C=C\C/C=C\CCC(=O)OC(COC(=O)CCCCCCCCCCCCCCCCCCCCCCC)COP(=O)(O)OCC[N+](C)(C)C. The van der Waals surface area contributed by atoms with Crippen molar-refractivity contribution in [2.75, 3.05) is 47.5 Å². The summed E-state index contributed by atoms with van der Waals surface area (Å²) >= 11 is 0. The molecule has 0 aromatic carbocycles. The van der Waals surface area contributed by atoms with Crippen LogP contribution in [0.2, 0.25) is 0 Å². The molecule has 0 heterocycles. The molecule has 10 heteroatoms. The standard InChI is InChI=1S/C54H96NO8P/c1-6-8-10-12-14-16-18-20-22-24-26-27-29-30-32-34-36-38-40-42-44-46-53(56)60-50-52(51-62-64(58,59)61-49-48-55(3,4)5)63-54(57)47-45-43-41-39-37-35-33-31-28-25-23-21-19-17-15-13-11-9-7-2/h9,11,15,17,21,23,28,31,35,37,41,43,52H,6-8,10,12-14,16,18-20,22,24-27,29-30,32-34,36,38-40,42,44-51H2,1-5H3/p+1/b11-9-,17-15-,23-21-,31-28-,37-35-,43-41-. The van der Waals surface area contributed by atoms with E-state index in [-0.39, 0.29) is 32.0 Å². The Morgan fingerprint density at radius 1 is 0.500 bits per heavy atom. The van der Waals surface area contributed by atoms with Crippen molar-refractivity contribution in [1.82, 2.24) is 0 Å². The molecule has 0 aliphatic rings. The van der Waals surface area contributed by atoms with Gasteiger partial charge in [0.2, 0.25) is 0 Å². The van der Waals surface area contributed by atoms with Crippen LogP contribution in [0.15, 0.2) is 72.9 Å². The predicted octanol–water partition coefficient (Wildman–Crippen LogP) is 15.4. The van der Waals surface area contributed by atoms with Crippen LogP contribution in [-0.4, -0.2) is 74.9 Å². The Kier molecular flexibility index (Phi) is 43.8. The van der Waals surface area contributed by atoms with Crippen molar-refractivity contribution in [3.05, 3.63) is 72.9 Å². The zero-order valence-corrected chi connectivity index (χ0v) is 42.6. The van der Waals surface area contributed by atoms with Gasteiger partial charge in [-0.1, -0.05) is 215 Å². The van der Waals surface area contributed by atoms with E-state index in [1.165, 1.54) is 116 Å². The average molecular weight is 919 g/mol. The first-order valence-corrected chi connectivity index (χ1v) is 27.2. The minimum absolute atomic E-state index is 0.0161. The number of ether oxygens (including phenoxy) is 2. The molecule has 370 valence electrons. The zero-order valence-electron chi connectivity index (χ0n) is 41.7. The van der Waals surface area contributed by atoms with Gasteiger partial charge in [0.05, 0.1) is 27.7 Å². The summed E-state index contributed by atoms with van der Waals surface area (Å²) in [5.74, 6) is -0.893. The van der Waals surface area contributed by atoms with Crippen LogP contribution in [-0.2, 0) is 32.7 Å². The highest BCUT2D eigenvalue weighted by Crippen LogP contribution is 2.43. The Labute approximate surface area is 393 Å². The van der Waals surface area contributed by atoms with Gasteiger partial charge in [-0.15, -0.1) is 0 Å². The molecule has 0 bridgehead atoms. The molecule has 1 N–H and O–H groups in total. The molecule has 0 saturated carbocycles. The summed E-state index contributed by atoms with van der Waals surface area (Å²) < 4.78 is 34.3. The lowest BCUT2D eigenvalue weighted by atomic mass is 10.0. The van der Waals surface area contributed by atoms with E-state index in [1.807, 2.05) is 33.3 Å². The molecule has 0 aromatic rings. The van der Waals surface area contributed by atoms with Crippen molar-refractivity contribution in [1.29, 1.82) is 0 Å². The van der Waals surface area contributed by atoms with Gasteiger partial charge in [-0.2, -0.15) is 0 Å². The smallest absolute Gasteiger partial charge is 0.462 e. The van der Waals surface area contributed by atoms with Crippen LogP contribution in [0.1, 0.15) is 206 Å². The van der Waals surface area contributed by atoms with Crippen LogP contribution < -0.4 is 0 Å². The van der Waals surface area contributed by atoms with E-state index in [4.69, 9.17) is 18.5 Å². The number of esters is 2. The van der Waals surface area contributed by atoms with Crippen molar-refractivity contribution in [2.24, 2.45) is 0 Å². The van der Waals surface area contributed by atoms with Crippen molar-refractivity contribution in [2.45, 2.75) is 213 Å². The number of likely N-dealkylation sites (N-methyl/N-ethyl adjacent to an activating group) is 1. The van der Waals surface area contributed by atoms with Gasteiger partial charge in [-0.05, 0) is 51.4 Å². The number of phosphoric acid groups is 1. The van der Waals surface area contributed by atoms with Gasteiger partial charge in [0.1, 0.15) is 19.8 Å². The van der Waals surface area contributed by atoms with Gasteiger partial charge >= 0.3 is 19.8 Å². The maximum Gasteiger partial charge on any atom is 0.472 e. The monoisotopic (exact) mass is 919 g/mol.